The van der Waals surface area contributed by atoms with Crippen LogP contribution in [0, 0.1) is 0 Å². The van der Waals surface area contributed by atoms with Crippen molar-refractivity contribution < 1.29 is 9.53 Å². The Kier molecular flexibility index (Phi) is 5.60. The Morgan fingerprint density at radius 1 is 1.33 bits per heavy atom. The minimum Gasteiger partial charge on any atom is -0.375 e. The summed E-state index contributed by atoms with van der Waals surface area (Å²) < 4.78 is 7.40. The van der Waals surface area contributed by atoms with Crippen molar-refractivity contribution in [1.82, 2.24) is 24.7 Å². The molecule has 1 aliphatic heterocycles. The first-order chi connectivity index (χ1) is 12.7. The van der Waals surface area contributed by atoms with Gasteiger partial charge in [-0.1, -0.05) is 29.3 Å². The number of hydrogen-bond acceptors (Lipinski definition) is 5. The molecular formula is C17H21Cl2N5O3. The number of para-hydroxylation sites is 1. The number of halogens is 2. The van der Waals surface area contributed by atoms with Crippen molar-refractivity contribution in [2.45, 2.75) is 45.3 Å². The van der Waals surface area contributed by atoms with Gasteiger partial charge in [0.25, 0.3) is 0 Å². The van der Waals surface area contributed by atoms with Crippen molar-refractivity contribution >= 4 is 29.2 Å². The zero-order valence-electron chi connectivity index (χ0n) is 15.4. The number of hydrogen-bond donors (Lipinski definition) is 0. The molecule has 0 saturated carbocycles. The van der Waals surface area contributed by atoms with E-state index in [1.807, 2.05) is 20.8 Å². The van der Waals surface area contributed by atoms with Crippen molar-refractivity contribution in [3.05, 3.63) is 38.7 Å². The number of rotatable bonds is 3. The second-order valence-electron chi connectivity index (χ2n) is 6.98. The molecule has 3 rings (SSSR count). The fraction of sp³-hybridized carbons (Fsp3) is 0.529. The van der Waals surface area contributed by atoms with Crippen LogP contribution in [0.5, 0.6) is 0 Å². The number of ether oxygens (including phenoxy) is 1. The Morgan fingerprint density at radius 2 is 2.00 bits per heavy atom. The molecular weight excluding hydrogens is 393 g/mol. The molecule has 0 bridgehead atoms. The maximum atomic E-state index is 13.0. The van der Waals surface area contributed by atoms with Gasteiger partial charge >= 0.3 is 11.7 Å². The van der Waals surface area contributed by atoms with Gasteiger partial charge in [-0.2, -0.15) is 4.68 Å². The van der Waals surface area contributed by atoms with E-state index in [4.69, 9.17) is 27.9 Å². The van der Waals surface area contributed by atoms with E-state index in [0.29, 0.717) is 26.0 Å². The van der Waals surface area contributed by atoms with Crippen LogP contribution in [0.1, 0.15) is 33.6 Å². The highest BCUT2D eigenvalue weighted by Crippen LogP contribution is 2.28. The molecule has 1 fully saturated rings. The Morgan fingerprint density at radius 3 is 2.59 bits per heavy atom. The summed E-state index contributed by atoms with van der Waals surface area (Å²) in [6.45, 7) is 6.82. The van der Waals surface area contributed by atoms with Crippen molar-refractivity contribution in [1.29, 1.82) is 0 Å². The van der Waals surface area contributed by atoms with E-state index in [1.54, 1.807) is 23.1 Å². The van der Waals surface area contributed by atoms with E-state index >= 15 is 0 Å². The monoisotopic (exact) mass is 413 g/mol. The molecule has 0 N–H and O–H groups in total. The van der Waals surface area contributed by atoms with Crippen molar-refractivity contribution in [3.8, 4) is 5.69 Å². The van der Waals surface area contributed by atoms with Crippen LogP contribution in [0.15, 0.2) is 23.0 Å². The maximum absolute atomic E-state index is 13.0. The molecule has 0 radical (unpaired) electrons. The Bertz CT molecular complexity index is 888. The number of aromatic nitrogens is 4. The largest absolute Gasteiger partial charge is 0.377 e. The first kappa shape index (κ1) is 19.9. The summed E-state index contributed by atoms with van der Waals surface area (Å²) in [5, 5.41) is 8.02. The van der Waals surface area contributed by atoms with E-state index < -0.39 is 11.7 Å². The minimum atomic E-state index is -0.722. The summed E-state index contributed by atoms with van der Waals surface area (Å²) in [7, 11) is 0. The van der Waals surface area contributed by atoms with Crippen molar-refractivity contribution in [3.63, 3.8) is 0 Å². The standard InChI is InChI=1S/C17H21Cl2N5O3/c1-4-22(11-8-9-27-17(2,3)10-11)15(25)24-16(26)23(20-21-24)14-12(18)6-5-7-13(14)19/h5-7,11H,4,8-10H2,1-3H3. The van der Waals surface area contributed by atoms with E-state index in [-0.39, 0.29) is 27.4 Å². The van der Waals surface area contributed by atoms with Gasteiger partial charge in [0.15, 0.2) is 0 Å². The molecule has 2 aromatic rings. The highest BCUT2D eigenvalue weighted by Gasteiger charge is 2.35. The van der Waals surface area contributed by atoms with Gasteiger partial charge in [-0.05, 0) is 56.2 Å². The normalized spacial score (nSPS) is 19.1. The fourth-order valence-electron chi connectivity index (χ4n) is 3.34. The molecule has 1 aromatic heterocycles. The van der Waals surface area contributed by atoms with Crippen LogP contribution in [0.25, 0.3) is 5.69 Å². The molecule has 1 saturated heterocycles. The molecule has 8 nitrogen and oxygen atoms in total. The zero-order chi connectivity index (χ0) is 19.8. The smallest absolute Gasteiger partial charge is 0.375 e. The lowest BCUT2D eigenvalue weighted by atomic mass is 9.93. The second kappa shape index (κ2) is 7.61. The molecule has 1 aromatic carbocycles. The third-order valence-electron chi connectivity index (χ3n) is 4.61. The number of nitrogens with zero attached hydrogens (tertiary/aromatic N) is 5. The van der Waals surface area contributed by atoms with Gasteiger partial charge in [0.1, 0.15) is 5.69 Å². The second-order valence-corrected chi connectivity index (χ2v) is 7.79. The van der Waals surface area contributed by atoms with Crippen LogP contribution in [-0.4, -0.2) is 55.5 Å². The fourth-order valence-corrected chi connectivity index (χ4v) is 3.89. The summed E-state index contributed by atoms with van der Waals surface area (Å²) in [5.74, 6) is 0. The highest BCUT2D eigenvalue weighted by molar-refractivity contribution is 6.37. The van der Waals surface area contributed by atoms with E-state index in [1.165, 1.54) is 0 Å². The Balaban J connectivity index is 1.94. The first-order valence-corrected chi connectivity index (χ1v) is 9.45. The number of benzene rings is 1. The van der Waals surface area contributed by atoms with Gasteiger partial charge in [0.2, 0.25) is 0 Å². The van der Waals surface area contributed by atoms with Crippen LogP contribution >= 0.6 is 23.2 Å². The molecule has 2 heterocycles. The lowest BCUT2D eigenvalue weighted by Gasteiger charge is -2.40. The number of carbonyl (C=O) groups excluding carboxylic acids is 1. The topological polar surface area (TPSA) is 82.3 Å². The quantitative estimate of drug-likeness (QED) is 0.722. The van der Waals surface area contributed by atoms with E-state index in [2.05, 4.69) is 10.4 Å². The molecule has 27 heavy (non-hydrogen) atoms. The molecule has 0 spiro atoms. The predicted octanol–water partition coefficient (Wildman–Crippen LogP) is 2.98. The predicted molar refractivity (Wildman–Crippen MR) is 102 cm³/mol. The van der Waals surface area contributed by atoms with Crippen LogP contribution in [0.3, 0.4) is 0 Å². The average molecular weight is 414 g/mol. The number of tetrazole rings is 1. The third-order valence-corrected chi connectivity index (χ3v) is 5.22. The summed E-state index contributed by atoms with van der Waals surface area (Å²) in [5.41, 5.74) is -0.857. The van der Waals surface area contributed by atoms with Crippen LogP contribution in [-0.2, 0) is 4.74 Å². The molecule has 0 aliphatic carbocycles. The molecule has 1 unspecified atom stereocenters. The van der Waals surface area contributed by atoms with Gasteiger partial charge in [-0.15, -0.1) is 4.68 Å². The third kappa shape index (κ3) is 3.88. The Hall–Kier alpha value is -1.90. The van der Waals surface area contributed by atoms with Gasteiger partial charge in [-0.25, -0.2) is 9.59 Å². The summed E-state index contributed by atoms with van der Waals surface area (Å²) >= 11 is 12.3. The molecule has 1 aliphatic rings. The van der Waals surface area contributed by atoms with Crippen LogP contribution in [0.2, 0.25) is 10.0 Å². The van der Waals surface area contributed by atoms with Gasteiger partial charge < -0.3 is 9.64 Å². The maximum Gasteiger partial charge on any atom is 0.377 e. The lowest BCUT2D eigenvalue weighted by Crippen LogP contribution is -2.51. The van der Waals surface area contributed by atoms with Crippen molar-refractivity contribution in [2.75, 3.05) is 13.2 Å². The van der Waals surface area contributed by atoms with E-state index in [9.17, 15) is 9.59 Å². The Labute approximate surface area is 166 Å². The zero-order valence-corrected chi connectivity index (χ0v) is 16.9. The van der Waals surface area contributed by atoms with Gasteiger partial charge in [-0.3, -0.25) is 0 Å². The first-order valence-electron chi connectivity index (χ1n) is 8.69. The highest BCUT2D eigenvalue weighted by atomic mass is 35.5. The average Bonchev–Trinajstić information content (AvgIpc) is 2.96. The molecule has 146 valence electrons. The SMILES string of the molecule is CCN(C(=O)n1nnn(-c2c(Cl)cccc2Cl)c1=O)C1CCOC(C)(C)C1. The summed E-state index contributed by atoms with van der Waals surface area (Å²) in [4.78, 5) is 27.4. The number of carbonyl (C=O) groups is 1. The lowest BCUT2D eigenvalue weighted by molar-refractivity contribution is -0.0765. The van der Waals surface area contributed by atoms with Gasteiger partial charge in [0, 0.05) is 19.2 Å². The van der Waals surface area contributed by atoms with Gasteiger partial charge in [0.05, 0.1) is 15.6 Å². The van der Waals surface area contributed by atoms with E-state index in [0.717, 1.165) is 9.36 Å². The minimum absolute atomic E-state index is 0.0489. The molecule has 1 amide bonds. The van der Waals surface area contributed by atoms with Crippen LogP contribution < -0.4 is 5.69 Å². The molecule has 10 heteroatoms. The summed E-state index contributed by atoms with van der Waals surface area (Å²) in [6, 6.07) is 4.24. The summed E-state index contributed by atoms with van der Waals surface area (Å²) in [6.07, 6.45) is 1.37. The number of amides is 1. The van der Waals surface area contributed by atoms with Crippen molar-refractivity contribution in [2.24, 2.45) is 0 Å². The molecule has 1 atom stereocenters. The van der Waals surface area contributed by atoms with Crippen LogP contribution in [0.4, 0.5) is 4.79 Å².